The molecule has 0 amide bonds. The van der Waals surface area contributed by atoms with Gasteiger partial charge in [0, 0.05) is 12.1 Å². The molecule has 0 bridgehead atoms. The molecule has 0 saturated carbocycles. The maximum Gasteiger partial charge on any atom is 0.356 e. The van der Waals surface area contributed by atoms with E-state index in [0.717, 1.165) is 11.1 Å². The van der Waals surface area contributed by atoms with E-state index in [-0.39, 0.29) is 12.2 Å². The Kier molecular flexibility index (Phi) is 2.93. The van der Waals surface area contributed by atoms with Crippen molar-refractivity contribution >= 4 is 5.97 Å². The molecule has 1 aromatic carbocycles. The van der Waals surface area contributed by atoms with Crippen LogP contribution in [0.1, 0.15) is 21.7 Å². The summed E-state index contributed by atoms with van der Waals surface area (Å²) in [5.41, 5.74) is 7.88. The van der Waals surface area contributed by atoms with Crippen molar-refractivity contribution in [1.82, 2.24) is 9.97 Å². The number of benzene rings is 1. The monoisotopic (exact) mass is 231 g/mol. The fourth-order valence-corrected chi connectivity index (χ4v) is 1.58. The summed E-state index contributed by atoms with van der Waals surface area (Å²) >= 11 is 0. The topological polar surface area (TPSA) is 92.0 Å². The number of carboxylic acids is 1. The molecule has 0 aliphatic rings. The van der Waals surface area contributed by atoms with Gasteiger partial charge < -0.3 is 15.8 Å². The van der Waals surface area contributed by atoms with Crippen LogP contribution in [-0.2, 0) is 6.54 Å². The molecular weight excluding hydrogens is 218 g/mol. The lowest BCUT2D eigenvalue weighted by Gasteiger charge is -1.97. The summed E-state index contributed by atoms with van der Waals surface area (Å²) in [4.78, 5) is 17.9. The number of carboxylic acid groups (broad SMARTS) is 1. The number of nitrogens with zero attached hydrogens (tertiary/aromatic N) is 1. The van der Waals surface area contributed by atoms with Gasteiger partial charge in [-0.1, -0.05) is 29.8 Å². The number of nitrogens with one attached hydrogen (secondary N) is 1. The van der Waals surface area contributed by atoms with Gasteiger partial charge in [0.15, 0.2) is 5.69 Å². The standard InChI is InChI=1S/C12H13N3O2/c1-7-2-4-8(5-3-7)11-14-9(6-13)10(15-11)12(16)17/h2-5H,6,13H2,1H3,(H,14,15)(H,16,17). The molecule has 0 radical (unpaired) electrons. The quantitative estimate of drug-likeness (QED) is 0.747. The molecular formula is C12H13N3O2. The van der Waals surface area contributed by atoms with Crippen LogP contribution in [-0.4, -0.2) is 21.0 Å². The number of aromatic amines is 1. The number of aryl methyl sites for hydroxylation is 1. The highest BCUT2D eigenvalue weighted by molar-refractivity contribution is 5.87. The lowest BCUT2D eigenvalue weighted by atomic mass is 10.1. The predicted octanol–water partition coefficient (Wildman–Crippen LogP) is 1.54. The molecule has 5 nitrogen and oxygen atoms in total. The van der Waals surface area contributed by atoms with Crippen LogP contribution in [0.15, 0.2) is 24.3 Å². The molecule has 0 unspecified atom stereocenters. The normalized spacial score (nSPS) is 10.5. The van der Waals surface area contributed by atoms with Crippen molar-refractivity contribution in [3.05, 3.63) is 41.2 Å². The van der Waals surface area contributed by atoms with Crippen LogP contribution in [0.4, 0.5) is 0 Å². The molecule has 0 aliphatic carbocycles. The van der Waals surface area contributed by atoms with Gasteiger partial charge in [-0.25, -0.2) is 9.78 Å². The van der Waals surface area contributed by atoms with Gasteiger partial charge in [-0.3, -0.25) is 0 Å². The number of carbonyl (C=O) groups is 1. The Morgan fingerprint density at radius 1 is 1.41 bits per heavy atom. The molecule has 2 rings (SSSR count). The van der Waals surface area contributed by atoms with E-state index in [0.29, 0.717) is 11.5 Å². The molecule has 5 heteroatoms. The first-order valence-corrected chi connectivity index (χ1v) is 5.21. The lowest BCUT2D eigenvalue weighted by Crippen LogP contribution is -2.06. The molecule has 88 valence electrons. The molecule has 17 heavy (non-hydrogen) atoms. The Bertz CT molecular complexity index is 543. The van der Waals surface area contributed by atoms with Gasteiger partial charge in [0.2, 0.25) is 0 Å². The summed E-state index contributed by atoms with van der Waals surface area (Å²) in [5.74, 6) is -0.539. The number of H-pyrrole nitrogens is 1. The molecule has 1 heterocycles. The summed E-state index contributed by atoms with van der Waals surface area (Å²) in [6.07, 6.45) is 0. The van der Waals surface area contributed by atoms with Crippen molar-refractivity contribution in [3.8, 4) is 11.4 Å². The van der Waals surface area contributed by atoms with Crippen molar-refractivity contribution in [2.24, 2.45) is 5.73 Å². The van der Waals surface area contributed by atoms with Crippen molar-refractivity contribution in [3.63, 3.8) is 0 Å². The highest BCUT2D eigenvalue weighted by Crippen LogP contribution is 2.18. The van der Waals surface area contributed by atoms with Crippen LogP contribution in [0.5, 0.6) is 0 Å². The summed E-state index contributed by atoms with van der Waals surface area (Å²) < 4.78 is 0. The smallest absolute Gasteiger partial charge is 0.356 e. The highest BCUT2D eigenvalue weighted by atomic mass is 16.4. The summed E-state index contributed by atoms with van der Waals surface area (Å²) in [6.45, 7) is 2.11. The number of aromatic carboxylic acids is 1. The van der Waals surface area contributed by atoms with E-state index < -0.39 is 5.97 Å². The second-order valence-corrected chi connectivity index (χ2v) is 3.79. The Hall–Kier alpha value is -2.14. The van der Waals surface area contributed by atoms with E-state index in [1.807, 2.05) is 31.2 Å². The first-order valence-electron chi connectivity index (χ1n) is 5.21. The summed E-state index contributed by atoms with van der Waals surface area (Å²) in [5, 5.41) is 8.96. The van der Waals surface area contributed by atoms with Gasteiger partial charge in [0.1, 0.15) is 5.82 Å². The highest BCUT2D eigenvalue weighted by Gasteiger charge is 2.15. The third-order valence-electron chi connectivity index (χ3n) is 2.51. The van der Waals surface area contributed by atoms with E-state index >= 15 is 0 Å². The van der Waals surface area contributed by atoms with Gasteiger partial charge in [-0.15, -0.1) is 0 Å². The third-order valence-corrected chi connectivity index (χ3v) is 2.51. The molecule has 0 saturated heterocycles. The van der Waals surface area contributed by atoms with Crippen LogP contribution in [0.2, 0.25) is 0 Å². The fourth-order valence-electron chi connectivity index (χ4n) is 1.58. The van der Waals surface area contributed by atoms with E-state index in [1.54, 1.807) is 0 Å². The molecule has 0 aliphatic heterocycles. The zero-order valence-electron chi connectivity index (χ0n) is 9.40. The third kappa shape index (κ3) is 2.19. The zero-order chi connectivity index (χ0) is 12.4. The number of hydrogen-bond donors (Lipinski definition) is 3. The van der Waals surface area contributed by atoms with Crippen LogP contribution in [0, 0.1) is 6.92 Å². The van der Waals surface area contributed by atoms with E-state index in [1.165, 1.54) is 0 Å². The Morgan fingerprint density at radius 3 is 2.53 bits per heavy atom. The van der Waals surface area contributed by atoms with Crippen LogP contribution < -0.4 is 5.73 Å². The van der Waals surface area contributed by atoms with Gasteiger partial charge in [-0.05, 0) is 6.92 Å². The lowest BCUT2D eigenvalue weighted by molar-refractivity contribution is 0.0690. The second-order valence-electron chi connectivity index (χ2n) is 3.79. The SMILES string of the molecule is Cc1ccc(-c2nc(C(=O)O)c(CN)[nH]2)cc1. The van der Waals surface area contributed by atoms with Crippen molar-refractivity contribution < 1.29 is 9.90 Å². The minimum absolute atomic E-state index is 0.0110. The second kappa shape index (κ2) is 4.39. The summed E-state index contributed by atoms with van der Waals surface area (Å²) in [7, 11) is 0. The molecule has 0 spiro atoms. The Morgan fingerprint density at radius 2 is 2.06 bits per heavy atom. The molecule has 4 N–H and O–H groups in total. The van der Waals surface area contributed by atoms with E-state index in [9.17, 15) is 4.79 Å². The number of rotatable bonds is 3. The van der Waals surface area contributed by atoms with Crippen molar-refractivity contribution in [1.29, 1.82) is 0 Å². The number of hydrogen-bond acceptors (Lipinski definition) is 3. The molecule has 1 aromatic heterocycles. The van der Waals surface area contributed by atoms with Crippen LogP contribution in [0.25, 0.3) is 11.4 Å². The van der Waals surface area contributed by atoms with Gasteiger partial charge in [0.25, 0.3) is 0 Å². The van der Waals surface area contributed by atoms with Crippen LogP contribution in [0.3, 0.4) is 0 Å². The minimum atomic E-state index is -1.07. The number of nitrogens with two attached hydrogens (primary N) is 1. The Labute approximate surface area is 98.3 Å². The van der Waals surface area contributed by atoms with Gasteiger partial charge in [-0.2, -0.15) is 0 Å². The molecule has 0 fully saturated rings. The molecule has 2 aromatic rings. The van der Waals surface area contributed by atoms with E-state index in [4.69, 9.17) is 10.8 Å². The van der Waals surface area contributed by atoms with Crippen LogP contribution >= 0.6 is 0 Å². The maximum absolute atomic E-state index is 10.9. The van der Waals surface area contributed by atoms with Gasteiger partial charge in [0.05, 0.1) is 5.69 Å². The zero-order valence-corrected chi connectivity index (χ0v) is 9.40. The molecule has 0 atom stereocenters. The van der Waals surface area contributed by atoms with Gasteiger partial charge >= 0.3 is 5.97 Å². The minimum Gasteiger partial charge on any atom is -0.476 e. The number of aromatic nitrogens is 2. The first-order chi connectivity index (χ1) is 8.11. The first kappa shape index (κ1) is 11.3. The largest absolute Gasteiger partial charge is 0.476 e. The van der Waals surface area contributed by atoms with Crippen molar-refractivity contribution in [2.75, 3.05) is 0 Å². The summed E-state index contributed by atoms with van der Waals surface area (Å²) in [6, 6.07) is 7.67. The predicted molar refractivity (Wildman–Crippen MR) is 63.6 cm³/mol. The average Bonchev–Trinajstić information content (AvgIpc) is 2.74. The Balaban J connectivity index is 2.46. The fraction of sp³-hybridized carbons (Fsp3) is 0.167. The number of imidazole rings is 1. The maximum atomic E-state index is 10.9. The average molecular weight is 231 g/mol. The van der Waals surface area contributed by atoms with Crippen molar-refractivity contribution in [2.45, 2.75) is 13.5 Å². The van der Waals surface area contributed by atoms with E-state index in [2.05, 4.69) is 9.97 Å².